The molecule has 0 aromatic carbocycles. The number of nitrogens with zero attached hydrogens (tertiary/aromatic N) is 2. The topological polar surface area (TPSA) is 105 Å². The Morgan fingerprint density at radius 1 is 1.50 bits per heavy atom. The third kappa shape index (κ3) is 2.15. The molecule has 0 fully saturated rings. The van der Waals surface area contributed by atoms with E-state index >= 15 is 0 Å². The van der Waals surface area contributed by atoms with Gasteiger partial charge in [-0.25, -0.2) is 19.2 Å². The van der Waals surface area contributed by atoms with Crippen molar-refractivity contribution in [2.45, 2.75) is 12.1 Å². The number of aliphatic carboxylic acids is 1. The zero-order valence-corrected chi connectivity index (χ0v) is 9.30. The highest BCUT2D eigenvalue weighted by molar-refractivity contribution is 5.79. The second-order valence-electron chi connectivity index (χ2n) is 3.83. The summed E-state index contributed by atoms with van der Waals surface area (Å²) in [5.74, 6) is -1.30. The molecule has 1 unspecified atom stereocenters. The molecule has 6 nitrogen and oxygen atoms in total. The van der Waals surface area contributed by atoms with Crippen LogP contribution in [0.5, 0.6) is 0 Å². The number of nitrogens with two attached hydrogens (primary N) is 1. The highest BCUT2D eigenvalue weighted by Crippen LogP contribution is 2.29. The third-order valence-corrected chi connectivity index (χ3v) is 2.54. The molecule has 2 aromatic heterocycles. The molecule has 2 aromatic rings. The minimum atomic E-state index is -2.59. The van der Waals surface area contributed by atoms with E-state index in [1.54, 1.807) is 0 Å². The second-order valence-corrected chi connectivity index (χ2v) is 3.83. The summed E-state index contributed by atoms with van der Waals surface area (Å²) >= 11 is 0. The minimum Gasteiger partial charge on any atom is -0.479 e. The van der Waals surface area contributed by atoms with E-state index in [4.69, 9.17) is 10.8 Å². The van der Waals surface area contributed by atoms with Crippen molar-refractivity contribution in [2.75, 3.05) is 5.73 Å². The first-order chi connectivity index (χ1) is 8.52. The summed E-state index contributed by atoms with van der Waals surface area (Å²) in [6.45, 7) is 0. The third-order valence-electron chi connectivity index (χ3n) is 2.54. The van der Waals surface area contributed by atoms with Crippen LogP contribution in [0.2, 0.25) is 0 Å². The van der Waals surface area contributed by atoms with E-state index in [1.807, 2.05) is 0 Å². The SMILES string of the molecule is Nc1ccc(CC(F)(C(=O)O)c2c[nH]cn2)cn1. The second kappa shape index (κ2) is 4.44. The number of carbonyl (C=O) groups is 1. The Kier molecular flexibility index (Phi) is 2.97. The lowest BCUT2D eigenvalue weighted by atomic mass is 9.94. The molecular formula is C11H11FN4O2. The fourth-order valence-electron chi connectivity index (χ4n) is 1.57. The van der Waals surface area contributed by atoms with Crippen LogP contribution < -0.4 is 5.73 Å². The van der Waals surface area contributed by atoms with Gasteiger partial charge >= 0.3 is 5.97 Å². The first-order valence-corrected chi connectivity index (χ1v) is 5.14. The summed E-state index contributed by atoms with van der Waals surface area (Å²) in [7, 11) is 0. The lowest BCUT2D eigenvalue weighted by Crippen LogP contribution is -2.33. The molecule has 0 aliphatic rings. The van der Waals surface area contributed by atoms with Gasteiger partial charge in [0.25, 0.3) is 5.67 Å². The van der Waals surface area contributed by atoms with Gasteiger partial charge in [0, 0.05) is 18.8 Å². The van der Waals surface area contributed by atoms with E-state index in [-0.39, 0.29) is 12.1 Å². The molecule has 18 heavy (non-hydrogen) atoms. The van der Waals surface area contributed by atoms with Crippen LogP contribution in [0.4, 0.5) is 10.2 Å². The molecule has 0 spiro atoms. The summed E-state index contributed by atoms with van der Waals surface area (Å²) in [4.78, 5) is 21.1. The highest BCUT2D eigenvalue weighted by Gasteiger charge is 2.43. The van der Waals surface area contributed by atoms with Crippen molar-refractivity contribution >= 4 is 11.8 Å². The standard InChI is InChI=1S/C11H11FN4O2/c12-11(10(17)18,8-5-14-6-16-8)3-7-1-2-9(13)15-4-7/h1-2,4-6H,3H2,(H2,13,15)(H,14,16)(H,17,18). The molecular weight excluding hydrogens is 239 g/mol. The van der Waals surface area contributed by atoms with Crippen molar-refractivity contribution in [1.82, 2.24) is 15.0 Å². The van der Waals surface area contributed by atoms with Crippen LogP contribution in [0.3, 0.4) is 0 Å². The Morgan fingerprint density at radius 2 is 2.28 bits per heavy atom. The zero-order valence-electron chi connectivity index (χ0n) is 9.30. The van der Waals surface area contributed by atoms with Gasteiger partial charge in [0.1, 0.15) is 11.5 Å². The van der Waals surface area contributed by atoms with Crippen LogP contribution >= 0.6 is 0 Å². The maximum atomic E-state index is 14.5. The highest BCUT2D eigenvalue weighted by atomic mass is 19.1. The fraction of sp³-hybridized carbons (Fsp3) is 0.182. The number of alkyl halides is 1. The molecule has 7 heteroatoms. The van der Waals surface area contributed by atoms with E-state index in [9.17, 15) is 9.18 Å². The molecule has 0 aliphatic heterocycles. The number of carboxylic acids is 1. The number of anilines is 1. The number of hydrogen-bond donors (Lipinski definition) is 3. The number of nitrogen functional groups attached to an aromatic ring is 1. The number of H-pyrrole nitrogens is 1. The summed E-state index contributed by atoms with van der Waals surface area (Å²) in [5.41, 5.74) is 3.07. The van der Waals surface area contributed by atoms with Crippen LogP contribution in [-0.4, -0.2) is 26.0 Å². The van der Waals surface area contributed by atoms with Crippen LogP contribution in [0.25, 0.3) is 0 Å². The van der Waals surface area contributed by atoms with E-state index in [0.29, 0.717) is 11.4 Å². The molecule has 0 radical (unpaired) electrons. The van der Waals surface area contributed by atoms with Crippen molar-refractivity contribution in [1.29, 1.82) is 0 Å². The Bertz CT molecular complexity index is 541. The van der Waals surface area contributed by atoms with Gasteiger partial charge in [0.05, 0.1) is 6.33 Å². The molecule has 0 aliphatic carbocycles. The summed E-state index contributed by atoms with van der Waals surface area (Å²) < 4.78 is 14.5. The van der Waals surface area contributed by atoms with Crippen molar-refractivity contribution in [3.05, 3.63) is 42.1 Å². The smallest absolute Gasteiger partial charge is 0.348 e. The molecule has 1 atom stereocenters. The molecule has 0 saturated carbocycles. The molecule has 4 N–H and O–H groups in total. The minimum absolute atomic E-state index is 0.174. The monoisotopic (exact) mass is 250 g/mol. The van der Waals surface area contributed by atoms with Gasteiger partial charge in [-0.1, -0.05) is 6.07 Å². The van der Waals surface area contributed by atoms with E-state index in [0.717, 1.165) is 0 Å². The van der Waals surface area contributed by atoms with Crippen molar-refractivity contribution < 1.29 is 14.3 Å². The van der Waals surface area contributed by atoms with Gasteiger partial charge in [-0.05, 0) is 11.6 Å². The molecule has 2 rings (SSSR count). The lowest BCUT2D eigenvalue weighted by molar-refractivity contribution is -0.151. The molecule has 94 valence electrons. The Hall–Kier alpha value is -2.44. The Labute approximate surface area is 102 Å². The molecule has 0 amide bonds. The number of nitrogens with one attached hydrogen (secondary N) is 1. The van der Waals surface area contributed by atoms with Gasteiger partial charge in [-0.15, -0.1) is 0 Å². The largest absolute Gasteiger partial charge is 0.479 e. The molecule has 2 heterocycles. The predicted octanol–water partition coefficient (Wildman–Crippen LogP) is 0.879. The Balaban J connectivity index is 2.32. The van der Waals surface area contributed by atoms with Crippen LogP contribution in [0.1, 0.15) is 11.3 Å². The van der Waals surface area contributed by atoms with Crippen LogP contribution in [0.15, 0.2) is 30.9 Å². The number of aromatic amines is 1. The quantitative estimate of drug-likeness (QED) is 0.747. The summed E-state index contributed by atoms with van der Waals surface area (Å²) in [5, 5.41) is 9.05. The normalized spacial score (nSPS) is 14.1. The van der Waals surface area contributed by atoms with Gasteiger partial charge in [-0.2, -0.15) is 0 Å². The van der Waals surface area contributed by atoms with E-state index < -0.39 is 11.6 Å². The summed E-state index contributed by atoms with van der Waals surface area (Å²) in [6, 6.07) is 3.02. The number of imidazole rings is 1. The number of rotatable bonds is 4. The average Bonchev–Trinajstić information content (AvgIpc) is 2.86. The summed E-state index contributed by atoms with van der Waals surface area (Å²) in [6.07, 6.45) is 3.44. The lowest BCUT2D eigenvalue weighted by Gasteiger charge is -2.18. The van der Waals surface area contributed by atoms with Crippen molar-refractivity contribution in [3.8, 4) is 0 Å². The van der Waals surface area contributed by atoms with E-state index in [2.05, 4.69) is 15.0 Å². The van der Waals surface area contributed by atoms with Gasteiger partial charge in [-0.3, -0.25) is 0 Å². The van der Waals surface area contributed by atoms with Gasteiger partial charge in [0.2, 0.25) is 0 Å². The fourth-order valence-corrected chi connectivity index (χ4v) is 1.57. The Morgan fingerprint density at radius 3 is 2.78 bits per heavy atom. The first-order valence-electron chi connectivity index (χ1n) is 5.14. The number of pyridine rings is 1. The maximum Gasteiger partial charge on any atom is 0.348 e. The van der Waals surface area contributed by atoms with Crippen LogP contribution in [0, 0.1) is 0 Å². The first kappa shape index (κ1) is 12.0. The zero-order chi connectivity index (χ0) is 13.2. The number of aromatic nitrogens is 3. The molecule has 0 saturated heterocycles. The van der Waals surface area contributed by atoms with Crippen LogP contribution in [-0.2, 0) is 16.9 Å². The maximum absolute atomic E-state index is 14.5. The van der Waals surface area contributed by atoms with Gasteiger partial charge < -0.3 is 15.8 Å². The van der Waals surface area contributed by atoms with E-state index in [1.165, 1.54) is 30.9 Å². The van der Waals surface area contributed by atoms with Gasteiger partial charge in [0.15, 0.2) is 0 Å². The molecule has 0 bridgehead atoms. The average molecular weight is 250 g/mol. The van der Waals surface area contributed by atoms with Crippen molar-refractivity contribution in [2.24, 2.45) is 0 Å². The predicted molar refractivity (Wildman–Crippen MR) is 61.4 cm³/mol. The number of hydrogen-bond acceptors (Lipinski definition) is 4. The number of carboxylic acid groups (broad SMARTS) is 1. The van der Waals surface area contributed by atoms with Crippen molar-refractivity contribution in [3.63, 3.8) is 0 Å². The number of halogens is 1.